The highest BCUT2D eigenvalue weighted by Gasteiger charge is 2.22. The Morgan fingerprint density at radius 1 is 1.29 bits per heavy atom. The molecule has 116 valence electrons. The monoisotopic (exact) mass is 294 g/mol. The first-order valence-electron chi connectivity index (χ1n) is 6.77. The predicted molar refractivity (Wildman–Crippen MR) is 79.5 cm³/mol. The Kier molecular flexibility index (Phi) is 6.02. The summed E-state index contributed by atoms with van der Waals surface area (Å²) in [5.41, 5.74) is 0.134. The first-order chi connectivity index (χ1) is 9.90. The predicted octanol–water partition coefficient (Wildman–Crippen LogP) is 1.34. The molecule has 6 nitrogen and oxygen atoms in total. The third-order valence-corrected chi connectivity index (χ3v) is 3.04. The van der Waals surface area contributed by atoms with Gasteiger partial charge >= 0.3 is 0 Å². The van der Waals surface area contributed by atoms with E-state index in [2.05, 4.69) is 0 Å². The fourth-order valence-electron chi connectivity index (χ4n) is 1.81. The van der Waals surface area contributed by atoms with E-state index in [-0.39, 0.29) is 29.7 Å². The minimum Gasteiger partial charge on any atom is -0.507 e. The molecular formula is C15H22N2O4. The Balaban J connectivity index is 3.02. The number of methoxy groups -OCH3 is 1. The van der Waals surface area contributed by atoms with Crippen molar-refractivity contribution in [3.63, 3.8) is 0 Å². The van der Waals surface area contributed by atoms with E-state index >= 15 is 0 Å². The minimum atomic E-state index is -0.386. The Labute approximate surface area is 124 Å². The summed E-state index contributed by atoms with van der Waals surface area (Å²) in [5, 5.41) is 9.86. The van der Waals surface area contributed by atoms with Crippen LogP contribution >= 0.6 is 0 Å². The van der Waals surface area contributed by atoms with Crippen molar-refractivity contribution in [1.29, 1.82) is 0 Å². The lowest BCUT2D eigenvalue weighted by atomic mass is 10.1. The summed E-state index contributed by atoms with van der Waals surface area (Å²) < 4.78 is 5.06. The van der Waals surface area contributed by atoms with E-state index < -0.39 is 0 Å². The Hall–Kier alpha value is -2.24. The highest BCUT2D eigenvalue weighted by atomic mass is 16.5. The number of amides is 2. The third kappa shape index (κ3) is 4.37. The van der Waals surface area contributed by atoms with Crippen molar-refractivity contribution in [3.8, 4) is 11.5 Å². The van der Waals surface area contributed by atoms with Gasteiger partial charge in [-0.3, -0.25) is 9.59 Å². The molecule has 1 aromatic rings. The zero-order chi connectivity index (χ0) is 16.0. The lowest BCUT2D eigenvalue weighted by Crippen LogP contribution is -2.40. The van der Waals surface area contributed by atoms with E-state index in [1.54, 1.807) is 20.2 Å². The topological polar surface area (TPSA) is 70.1 Å². The number of nitrogens with zero attached hydrogens (tertiary/aromatic N) is 2. The first kappa shape index (κ1) is 16.8. The molecule has 0 aliphatic rings. The molecule has 0 radical (unpaired) electrons. The van der Waals surface area contributed by atoms with Gasteiger partial charge < -0.3 is 19.6 Å². The molecule has 0 fully saturated rings. The van der Waals surface area contributed by atoms with Gasteiger partial charge in [0.05, 0.1) is 12.7 Å². The average Bonchev–Trinajstić information content (AvgIpc) is 2.46. The third-order valence-electron chi connectivity index (χ3n) is 3.04. The summed E-state index contributed by atoms with van der Waals surface area (Å²) in [6.45, 7) is 2.34. The molecule has 0 spiro atoms. The number of aromatic hydroxyl groups is 1. The van der Waals surface area contributed by atoms with Gasteiger partial charge in [0.15, 0.2) is 0 Å². The van der Waals surface area contributed by atoms with Gasteiger partial charge in [0.1, 0.15) is 18.0 Å². The van der Waals surface area contributed by atoms with Gasteiger partial charge in [-0.25, -0.2) is 0 Å². The number of hydrogen-bond donors (Lipinski definition) is 1. The van der Waals surface area contributed by atoms with Crippen LogP contribution in [0, 0.1) is 0 Å². The molecule has 2 amide bonds. The number of phenols is 1. The number of ether oxygens (including phenoxy) is 1. The number of carbonyl (C=O) groups excluding carboxylic acids is 2. The number of phenolic OH excluding ortho intramolecular Hbond substituents is 1. The van der Waals surface area contributed by atoms with E-state index in [1.807, 2.05) is 6.92 Å². The van der Waals surface area contributed by atoms with E-state index in [1.165, 1.54) is 29.0 Å². The SMILES string of the molecule is CCCN(CC(=O)N(C)C)C(=O)c1cc(OC)ccc1O. The number of rotatable bonds is 6. The van der Waals surface area contributed by atoms with Crippen molar-refractivity contribution in [1.82, 2.24) is 9.80 Å². The highest BCUT2D eigenvalue weighted by molar-refractivity contribution is 5.99. The van der Waals surface area contributed by atoms with Crippen LogP contribution in [0.5, 0.6) is 11.5 Å². The summed E-state index contributed by atoms with van der Waals surface area (Å²) in [7, 11) is 4.76. The van der Waals surface area contributed by atoms with Crippen molar-refractivity contribution in [2.45, 2.75) is 13.3 Å². The van der Waals surface area contributed by atoms with Crippen molar-refractivity contribution in [2.24, 2.45) is 0 Å². The number of benzene rings is 1. The molecule has 0 aromatic heterocycles. The zero-order valence-electron chi connectivity index (χ0n) is 12.9. The summed E-state index contributed by atoms with van der Waals surface area (Å²) in [5.74, 6) is -0.201. The number of carbonyl (C=O) groups is 2. The van der Waals surface area contributed by atoms with Crippen molar-refractivity contribution in [3.05, 3.63) is 23.8 Å². The van der Waals surface area contributed by atoms with Crippen LogP contribution in [0.4, 0.5) is 0 Å². The molecule has 1 N–H and O–H groups in total. The van der Waals surface area contributed by atoms with E-state index in [0.717, 1.165) is 6.42 Å². The fourth-order valence-corrected chi connectivity index (χ4v) is 1.81. The molecule has 6 heteroatoms. The first-order valence-corrected chi connectivity index (χ1v) is 6.77. The second-order valence-electron chi connectivity index (χ2n) is 4.90. The van der Waals surface area contributed by atoms with Gasteiger partial charge in [0, 0.05) is 20.6 Å². The van der Waals surface area contributed by atoms with E-state index in [9.17, 15) is 14.7 Å². The molecule has 0 atom stereocenters. The molecule has 0 aliphatic heterocycles. The molecule has 1 rings (SSSR count). The van der Waals surface area contributed by atoms with Crippen LogP contribution in [0.25, 0.3) is 0 Å². The summed E-state index contributed by atoms with van der Waals surface area (Å²) >= 11 is 0. The van der Waals surface area contributed by atoms with Crippen molar-refractivity contribution in [2.75, 3.05) is 34.3 Å². The molecule has 21 heavy (non-hydrogen) atoms. The standard InChI is InChI=1S/C15H22N2O4/c1-5-8-17(10-14(19)16(2)3)15(20)12-9-11(21-4)6-7-13(12)18/h6-7,9,18H,5,8,10H2,1-4H3. The second kappa shape index (κ2) is 7.52. The second-order valence-corrected chi connectivity index (χ2v) is 4.90. The number of hydrogen-bond acceptors (Lipinski definition) is 4. The van der Waals surface area contributed by atoms with Crippen LogP contribution < -0.4 is 4.74 Å². The molecular weight excluding hydrogens is 272 g/mol. The summed E-state index contributed by atoms with van der Waals surface area (Å²) in [4.78, 5) is 27.2. The maximum atomic E-state index is 12.5. The molecule has 0 saturated heterocycles. The molecule has 0 bridgehead atoms. The van der Waals surface area contributed by atoms with E-state index in [4.69, 9.17) is 4.74 Å². The van der Waals surface area contributed by atoms with Gasteiger partial charge in [-0.05, 0) is 24.6 Å². The van der Waals surface area contributed by atoms with Crippen LogP contribution in [0.1, 0.15) is 23.7 Å². The average molecular weight is 294 g/mol. The molecule has 0 aliphatic carbocycles. The Bertz CT molecular complexity index is 514. The summed E-state index contributed by atoms with van der Waals surface area (Å²) in [6, 6.07) is 4.45. The van der Waals surface area contributed by atoms with Crippen molar-refractivity contribution >= 4 is 11.8 Å². The zero-order valence-corrected chi connectivity index (χ0v) is 12.9. The highest BCUT2D eigenvalue weighted by Crippen LogP contribution is 2.24. The maximum Gasteiger partial charge on any atom is 0.258 e. The smallest absolute Gasteiger partial charge is 0.258 e. The van der Waals surface area contributed by atoms with Gasteiger partial charge in [-0.1, -0.05) is 6.92 Å². The Morgan fingerprint density at radius 2 is 1.95 bits per heavy atom. The van der Waals surface area contributed by atoms with Crippen LogP contribution in [-0.4, -0.2) is 61.0 Å². The molecule has 0 unspecified atom stereocenters. The lowest BCUT2D eigenvalue weighted by Gasteiger charge is -2.23. The van der Waals surface area contributed by atoms with Crippen LogP contribution in [0.15, 0.2) is 18.2 Å². The molecule has 0 saturated carbocycles. The van der Waals surface area contributed by atoms with Crippen LogP contribution in [0.3, 0.4) is 0 Å². The number of likely N-dealkylation sites (N-methyl/N-ethyl adjacent to an activating group) is 1. The summed E-state index contributed by atoms with van der Waals surface area (Å²) in [6.07, 6.45) is 0.719. The van der Waals surface area contributed by atoms with Crippen LogP contribution in [-0.2, 0) is 4.79 Å². The van der Waals surface area contributed by atoms with Gasteiger partial charge in [-0.2, -0.15) is 0 Å². The maximum absolute atomic E-state index is 12.5. The fraction of sp³-hybridized carbons (Fsp3) is 0.467. The largest absolute Gasteiger partial charge is 0.507 e. The van der Waals surface area contributed by atoms with Gasteiger partial charge in [0.25, 0.3) is 5.91 Å². The van der Waals surface area contributed by atoms with Crippen LogP contribution in [0.2, 0.25) is 0 Å². The molecule has 1 aromatic carbocycles. The quantitative estimate of drug-likeness (QED) is 0.859. The lowest BCUT2D eigenvalue weighted by molar-refractivity contribution is -0.129. The molecule has 0 heterocycles. The minimum absolute atomic E-state index is 0.0175. The van der Waals surface area contributed by atoms with Crippen molar-refractivity contribution < 1.29 is 19.4 Å². The Morgan fingerprint density at radius 3 is 2.48 bits per heavy atom. The normalized spacial score (nSPS) is 10.1. The van der Waals surface area contributed by atoms with Gasteiger partial charge in [-0.15, -0.1) is 0 Å². The van der Waals surface area contributed by atoms with Gasteiger partial charge in [0.2, 0.25) is 5.91 Å². The van der Waals surface area contributed by atoms with E-state index in [0.29, 0.717) is 12.3 Å².